The molecule has 0 heterocycles. The number of anilines is 1. The molecular weight excluding hydrogens is 387 g/mol. The first kappa shape index (κ1) is 17.0. The molecule has 0 unspecified atom stereocenters. The molecule has 0 aliphatic rings. The highest BCUT2D eigenvalue weighted by atomic mass is 127. The van der Waals surface area contributed by atoms with E-state index in [0.717, 1.165) is 28.9 Å². The minimum absolute atomic E-state index is 0.0689. The average Bonchev–Trinajstić information content (AvgIpc) is 2.54. The second-order valence-corrected chi connectivity index (χ2v) is 6.54. The van der Waals surface area contributed by atoms with Crippen LogP contribution >= 0.6 is 22.6 Å². The second kappa shape index (κ2) is 8.29. The molecule has 0 aliphatic heterocycles. The zero-order chi connectivity index (χ0) is 15.9. The van der Waals surface area contributed by atoms with Crippen LogP contribution in [0.5, 0.6) is 0 Å². The Labute approximate surface area is 145 Å². The highest BCUT2D eigenvalue weighted by molar-refractivity contribution is 14.1. The number of amides is 1. The topological polar surface area (TPSA) is 33.5 Å². The maximum Gasteiger partial charge on any atom is 0.255 e. The molecule has 2 rings (SSSR count). The van der Waals surface area contributed by atoms with Gasteiger partial charge < -0.3 is 10.2 Å². The number of carbonyl (C=O) groups is 1. The normalized spacial score (nSPS) is 10.7. The number of hydrogen-bond acceptors (Lipinski definition) is 1. The summed E-state index contributed by atoms with van der Waals surface area (Å²) in [6, 6.07) is 15.7. The summed E-state index contributed by atoms with van der Waals surface area (Å²) in [5.41, 5.74) is 2.82. The summed E-state index contributed by atoms with van der Waals surface area (Å²) < 4.78 is 1.06. The molecule has 22 heavy (non-hydrogen) atoms. The SMILES string of the molecule is CC[NH+](CC)Cc1ccc(NC(=O)c2cccc(I)c2)cc1. The zero-order valence-electron chi connectivity index (χ0n) is 13.0. The van der Waals surface area contributed by atoms with Gasteiger partial charge in [-0.05, 0) is 66.8 Å². The zero-order valence-corrected chi connectivity index (χ0v) is 15.2. The largest absolute Gasteiger partial charge is 0.332 e. The maximum absolute atomic E-state index is 12.2. The number of halogens is 1. The van der Waals surface area contributed by atoms with Crippen LogP contribution in [0.15, 0.2) is 48.5 Å². The monoisotopic (exact) mass is 409 g/mol. The Morgan fingerprint density at radius 1 is 1.09 bits per heavy atom. The molecule has 4 heteroatoms. The first-order chi connectivity index (χ1) is 10.6. The first-order valence-corrected chi connectivity index (χ1v) is 8.69. The van der Waals surface area contributed by atoms with E-state index in [1.165, 1.54) is 5.56 Å². The van der Waals surface area contributed by atoms with Crippen molar-refractivity contribution in [1.82, 2.24) is 0 Å². The Balaban J connectivity index is 2.00. The lowest BCUT2D eigenvalue weighted by atomic mass is 10.1. The molecule has 2 aromatic carbocycles. The predicted octanol–water partition coefficient (Wildman–Crippen LogP) is 2.97. The molecule has 0 atom stereocenters. The number of hydrogen-bond donors (Lipinski definition) is 2. The Morgan fingerprint density at radius 3 is 2.36 bits per heavy atom. The van der Waals surface area contributed by atoms with Crippen molar-refractivity contribution >= 4 is 34.2 Å². The fourth-order valence-corrected chi connectivity index (χ4v) is 2.87. The quantitative estimate of drug-likeness (QED) is 0.707. The van der Waals surface area contributed by atoms with E-state index in [1.807, 2.05) is 36.4 Å². The van der Waals surface area contributed by atoms with E-state index in [-0.39, 0.29) is 5.91 Å². The molecule has 0 aliphatic carbocycles. The summed E-state index contributed by atoms with van der Waals surface area (Å²) in [5.74, 6) is -0.0689. The molecule has 2 aromatic rings. The van der Waals surface area contributed by atoms with E-state index in [1.54, 1.807) is 4.90 Å². The van der Waals surface area contributed by atoms with Gasteiger partial charge in [0.15, 0.2) is 0 Å². The van der Waals surface area contributed by atoms with Crippen molar-refractivity contribution in [3.8, 4) is 0 Å². The van der Waals surface area contributed by atoms with E-state index in [2.05, 4.69) is 53.9 Å². The molecule has 0 fully saturated rings. The van der Waals surface area contributed by atoms with Gasteiger partial charge in [0.1, 0.15) is 6.54 Å². The summed E-state index contributed by atoms with van der Waals surface area (Å²) in [4.78, 5) is 13.8. The highest BCUT2D eigenvalue weighted by Crippen LogP contribution is 2.13. The smallest absolute Gasteiger partial charge is 0.255 e. The van der Waals surface area contributed by atoms with Crippen LogP contribution in [0.2, 0.25) is 0 Å². The molecule has 0 aromatic heterocycles. The van der Waals surface area contributed by atoms with Crippen LogP contribution in [0.4, 0.5) is 5.69 Å². The molecule has 2 N–H and O–H groups in total. The van der Waals surface area contributed by atoms with Crippen molar-refractivity contribution in [2.75, 3.05) is 18.4 Å². The van der Waals surface area contributed by atoms with Crippen LogP contribution in [0.3, 0.4) is 0 Å². The van der Waals surface area contributed by atoms with Crippen LogP contribution in [-0.4, -0.2) is 19.0 Å². The maximum atomic E-state index is 12.2. The summed E-state index contributed by atoms with van der Waals surface area (Å²) in [7, 11) is 0. The molecule has 0 saturated heterocycles. The molecule has 0 saturated carbocycles. The van der Waals surface area contributed by atoms with Gasteiger partial charge in [-0.15, -0.1) is 0 Å². The van der Waals surface area contributed by atoms with Gasteiger partial charge in [0.2, 0.25) is 0 Å². The van der Waals surface area contributed by atoms with Crippen molar-refractivity contribution in [2.45, 2.75) is 20.4 Å². The van der Waals surface area contributed by atoms with Gasteiger partial charge >= 0.3 is 0 Å². The third-order valence-corrected chi connectivity index (χ3v) is 4.42. The Morgan fingerprint density at radius 2 is 1.77 bits per heavy atom. The van der Waals surface area contributed by atoms with Crippen LogP contribution in [0, 0.1) is 3.57 Å². The lowest BCUT2D eigenvalue weighted by Crippen LogP contribution is -3.10. The molecule has 116 valence electrons. The van der Waals surface area contributed by atoms with Crippen molar-refractivity contribution < 1.29 is 9.69 Å². The number of quaternary nitrogens is 1. The Bertz CT molecular complexity index is 621. The first-order valence-electron chi connectivity index (χ1n) is 7.61. The third kappa shape index (κ3) is 4.81. The predicted molar refractivity (Wildman–Crippen MR) is 99.3 cm³/mol. The van der Waals surface area contributed by atoms with Crippen LogP contribution in [0.1, 0.15) is 29.8 Å². The van der Waals surface area contributed by atoms with Crippen molar-refractivity contribution in [2.24, 2.45) is 0 Å². The highest BCUT2D eigenvalue weighted by Gasteiger charge is 2.07. The van der Waals surface area contributed by atoms with Gasteiger partial charge in [-0.3, -0.25) is 4.79 Å². The van der Waals surface area contributed by atoms with Crippen LogP contribution in [0.25, 0.3) is 0 Å². The standard InChI is InChI=1S/C18H21IN2O/c1-3-21(4-2)13-14-8-10-17(11-9-14)20-18(22)15-6-5-7-16(19)12-15/h5-12H,3-4,13H2,1-2H3,(H,20,22)/p+1. The molecule has 1 amide bonds. The van der Waals surface area contributed by atoms with E-state index in [0.29, 0.717) is 5.56 Å². The fourth-order valence-electron chi connectivity index (χ4n) is 2.33. The summed E-state index contributed by atoms with van der Waals surface area (Å²) >= 11 is 2.21. The van der Waals surface area contributed by atoms with Gasteiger partial charge in [0.25, 0.3) is 5.91 Å². The number of rotatable bonds is 6. The van der Waals surface area contributed by atoms with Gasteiger partial charge in [-0.2, -0.15) is 0 Å². The number of benzene rings is 2. The van der Waals surface area contributed by atoms with Crippen molar-refractivity contribution in [3.63, 3.8) is 0 Å². The van der Waals surface area contributed by atoms with E-state index < -0.39 is 0 Å². The van der Waals surface area contributed by atoms with Crippen molar-refractivity contribution in [1.29, 1.82) is 0 Å². The molecule has 3 nitrogen and oxygen atoms in total. The summed E-state index contributed by atoms with van der Waals surface area (Å²) in [6.07, 6.45) is 0. The van der Waals surface area contributed by atoms with Crippen LogP contribution < -0.4 is 10.2 Å². The lowest BCUT2D eigenvalue weighted by molar-refractivity contribution is -0.910. The average molecular weight is 409 g/mol. The van der Waals surface area contributed by atoms with Crippen molar-refractivity contribution in [3.05, 3.63) is 63.2 Å². The van der Waals surface area contributed by atoms with Gasteiger partial charge in [-0.25, -0.2) is 0 Å². The minimum atomic E-state index is -0.0689. The number of carbonyl (C=O) groups excluding carboxylic acids is 1. The summed E-state index contributed by atoms with van der Waals surface area (Å²) in [5, 5.41) is 2.94. The lowest BCUT2D eigenvalue weighted by Gasteiger charge is -2.15. The van der Waals surface area contributed by atoms with E-state index >= 15 is 0 Å². The second-order valence-electron chi connectivity index (χ2n) is 5.30. The van der Waals surface area contributed by atoms with E-state index in [9.17, 15) is 4.79 Å². The molecular formula is C18H22IN2O+. The molecule has 0 spiro atoms. The summed E-state index contributed by atoms with van der Waals surface area (Å²) in [6.45, 7) is 7.69. The fraction of sp³-hybridized carbons (Fsp3) is 0.278. The van der Waals surface area contributed by atoms with Crippen LogP contribution in [-0.2, 0) is 6.54 Å². The molecule has 0 bridgehead atoms. The Kier molecular flexibility index (Phi) is 6.39. The third-order valence-electron chi connectivity index (χ3n) is 3.75. The van der Waals surface area contributed by atoms with Gasteiger partial charge in [-0.1, -0.05) is 18.2 Å². The molecule has 0 radical (unpaired) electrons. The number of nitrogens with one attached hydrogen (secondary N) is 2. The van der Waals surface area contributed by atoms with E-state index in [4.69, 9.17) is 0 Å². The minimum Gasteiger partial charge on any atom is -0.332 e. The van der Waals surface area contributed by atoms with Gasteiger partial charge in [0, 0.05) is 20.4 Å². The Hall–Kier alpha value is -1.40. The van der Waals surface area contributed by atoms with Gasteiger partial charge in [0.05, 0.1) is 13.1 Å².